The molecule has 0 fully saturated rings. The zero-order valence-electron chi connectivity index (χ0n) is 20.3. The van der Waals surface area contributed by atoms with E-state index in [1.165, 1.54) is 4.90 Å². The van der Waals surface area contributed by atoms with Crippen LogP contribution in [0.1, 0.15) is 6.42 Å². The molecule has 0 aromatic rings. The number of carboxylic acid groups (broad SMARTS) is 6. The van der Waals surface area contributed by atoms with E-state index >= 15 is 0 Å². The summed E-state index contributed by atoms with van der Waals surface area (Å²) < 4.78 is 0. The van der Waals surface area contributed by atoms with Gasteiger partial charge in [0, 0.05) is 19.6 Å². The van der Waals surface area contributed by atoms with Crippen molar-refractivity contribution in [2.45, 2.75) is 6.42 Å². The summed E-state index contributed by atoms with van der Waals surface area (Å²) in [6.07, 6.45) is -0.277. The first-order valence-electron chi connectivity index (χ1n) is 10.5. The topological polar surface area (TPSA) is 317 Å². The minimum absolute atomic E-state index is 0.0894. The lowest BCUT2D eigenvalue weighted by atomic mass is 10.3. The molecule has 0 saturated heterocycles. The lowest BCUT2D eigenvalue weighted by Crippen LogP contribution is -2.40. The molecule has 0 unspecified atom stereocenters. The van der Waals surface area contributed by atoms with Crippen molar-refractivity contribution in [3.8, 4) is 0 Å². The third-order valence-corrected chi connectivity index (χ3v) is 3.65. The van der Waals surface area contributed by atoms with E-state index in [0.717, 1.165) is 9.80 Å². The van der Waals surface area contributed by atoms with Crippen LogP contribution in [0.15, 0.2) is 0 Å². The Morgan fingerprint density at radius 3 is 1.03 bits per heavy atom. The highest BCUT2D eigenvalue weighted by molar-refractivity contribution is 5.79. The fraction of sp³-hybridized carbons (Fsp3) is 0.632. The highest BCUT2D eigenvalue weighted by atomic mass is 16.4. The fourth-order valence-electron chi connectivity index (χ4n) is 2.37. The van der Waals surface area contributed by atoms with Crippen LogP contribution in [-0.2, 0) is 33.6 Å². The van der Waals surface area contributed by atoms with Crippen LogP contribution >= 0.6 is 0 Å². The summed E-state index contributed by atoms with van der Waals surface area (Å²) in [7, 11) is 0. The highest BCUT2D eigenvalue weighted by Gasteiger charge is 2.15. The van der Waals surface area contributed by atoms with Crippen LogP contribution in [0, 0.1) is 0 Å². The normalized spacial score (nSPS) is 10.1. The molecule has 0 aliphatic carbocycles. The number of hydrogen-bond donors (Lipinski definition) is 9. The van der Waals surface area contributed by atoms with E-state index in [0.29, 0.717) is 0 Å². The van der Waals surface area contributed by atoms with Crippen molar-refractivity contribution in [2.24, 2.45) is 5.73 Å². The predicted molar refractivity (Wildman–Crippen MR) is 123 cm³/mol. The number of nitrogens with zero attached hydrogens (tertiary/aromatic N) is 3. The molecule has 0 rings (SSSR count). The molecule has 19 nitrogen and oxygen atoms in total. The Labute approximate surface area is 215 Å². The van der Waals surface area contributed by atoms with E-state index in [2.05, 4.69) is 0 Å². The maximum absolute atomic E-state index is 10.4. The van der Waals surface area contributed by atoms with Gasteiger partial charge in [-0.05, 0) is 0 Å². The van der Waals surface area contributed by atoms with Crippen LogP contribution in [0.5, 0.6) is 0 Å². The summed E-state index contributed by atoms with van der Waals surface area (Å²) in [6, 6.07) is 0. The number of nitrogens with two attached hydrogens (primary N) is 1. The van der Waals surface area contributed by atoms with E-state index in [-0.39, 0.29) is 52.4 Å². The molecule has 0 spiro atoms. The molecule has 0 atom stereocenters. The zero-order valence-corrected chi connectivity index (χ0v) is 20.3. The molecule has 0 radical (unpaired) electrons. The Bertz CT molecular complexity index is 717. The Morgan fingerprint density at radius 2 is 0.763 bits per heavy atom. The van der Waals surface area contributed by atoms with Crippen molar-refractivity contribution in [3.63, 3.8) is 0 Å². The van der Waals surface area contributed by atoms with Gasteiger partial charge in [0.2, 0.25) is 5.91 Å². The molecule has 0 heterocycles. The quantitative estimate of drug-likeness (QED) is 0.0718. The maximum atomic E-state index is 10.4. The van der Waals surface area contributed by atoms with E-state index in [1.807, 2.05) is 0 Å². The number of aliphatic hydroxyl groups is 2. The van der Waals surface area contributed by atoms with Crippen molar-refractivity contribution in [1.82, 2.24) is 14.7 Å². The summed E-state index contributed by atoms with van der Waals surface area (Å²) in [5.41, 5.74) is 4.78. The first kappa shape index (κ1) is 38.6. The van der Waals surface area contributed by atoms with Crippen molar-refractivity contribution in [2.75, 3.05) is 72.1 Å². The fourth-order valence-corrected chi connectivity index (χ4v) is 2.37. The molecule has 0 aliphatic rings. The van der Waals surface area contributed by atoms with Gasteiger partial charge in [0.15, 0.2) is 0 Å². The van der Waals surface area contributed by atoms with E-state index in [9.17, 15) is 33.6 Å². The van der Waals surface area contributed by atoms with Crippen molar-refractivity contribution >= 4 is 41.7 Å². The molecule has 0 bridgehead atoms. The number of carboxylic acids is 6. The lowest BCUT2D eigenvalue weighted by molar-refractivity contribution is -0.144. The Balaban J connectivity index is -0.000000487. The van der Waals surface area contributed by atoms with Crippen molar-refractivity contribution in [3.05, 3.63) is 0 Å². The molecule has 1 amide bonds. The lowest BCUT2D eigenvalue weighted by Gasteiger charge is -2.16. The second kappa shape index (κ2) is 23.5. The second-order valence-corrected chi connectivity index (χ2v) is 7.16. The van der Waals surface area contributed by atoms with Gasteiger partial charge in [-0.1, -0.05) is 0 Å². The minimum Gasteiger partial charge on any atom is -0.481 e. The standard InChI is InChI=1S/C7H11NO6.C6H10N2O5.C6H13NO4/c9-5(10)1-2-8(3-6(11)12)4-7(13)14;7-4(9)1-8(2-5(10)11)3-6(12)13;8-3-1-7(2-4-9)5-6(10)11/h1-4H2,(H,9,10)(H,11,12)(H,13,14);1-3H2,(H2,7,9)(H,10,11)(H,12,13);8-9H,1-5H2,(H,10,11). The largest absolute Gasteiger partial charge is 0.481 e. The summed E-state index contributed by atoms with van der Waals surface area (Å²) in [6.45, 7) is -2.20. The number of amides is 1. The van der Waals surface area contributed by atoms with Crippen LogP contribution in [0.2, 0.25) is 0 Å². The molecule has 0 saturated carbocycles. The highest BCUT2D eigenvalue weighted by Crippen LogP contribution is 1.92. The maximum Gasteiger partial charge on any atom is 0.317 e. The summed E-state index contributed by atoms with van der Waals surface area (Å²) in [4.78, 5) is 75.0. The average molecular weight is 558 g/mol. The smallest absolute Gasteiger partial charge is 0.317 e. The van der Waals surface area contributed by atoms with Crippen molar-refractivity contribution < 1.29 is 74.4 Å². The monoisotopic (exact) mass is 558 g/mol. The zero-order chi connectivity index (χ0) is 30.3. The Morgan fingerprint density at radius 1 is 0.447 bits per heavy atom. The predicted octanol–water partition coefficient (Wildman–Crippen LogP) is -4.77. The van der Waals surface area contributed by atoms with Gasteiger partial charge in [-0.2, -0.15) is 0 Å². The van der Waals surface area contributed by atoms with Gasteiger partial charge in [-0.15, -0.1) is 0 Å². The van der Waals surface area contributed by atoms with Crippen LogP contribution in [-0.4, -0.2) is 169 Å². The number of aliphatic hydroxyl groups excluding tert-OH is 2. The van der Waals surface area contributed by atoms with Gasteiger partial charge in [0.05, 0.1) is 58.9 Å². The number of rotatable bonds is 19. The van der Waals surface area contributed by atoms with E-state index in [4.69, 9.17) is 46.6 Å². The van der Waals surface area contributed by atoms with Crippen molar-refractivity contribution in [1.29, 1.82) is 0 Å². The first-order valence-corrected chi connectivity index (χ1v) is 10.5. The molecular weight excluding hydrogens is 524 g/mol. The summed E-state index contributed by atoms with van der Waals surface area (Å²) in [5, 5.41) is 67.0. The SMILES string of the molecule is NC(=O)CN(CC(=O)O)CC(=O)O.O=C(O)CCN(CC(=O)O)CC(=O)O.O=C(O)CN(CCO)CCO. The van der Waals surface area contributed by atoms with Crippen LogP contribution < -0.4 is 5.73 Å². The van der Waals surface area contributed by atoms with Gasteiger partial charge >= 0.3 is 35.8 Å². The molecule has 0 aliphatic heterocycles. The molecule has 19 heteroatoms. The molecule has 220 valence electrons. The third kappa shape index (κ3) is 32.1. The Hall–Kier alpha value is -3.91. The second-order valence-electron chi connectivity index (χ2n) is 7.16. The van der Waals surface area contributed by atoms with Crippen LogP contribution in [0.4, 0.5) is 0 Å². The number of carbonyl (C=O) groups is 7. The van der Waals surface area contributed by atoms with Gasteiger partial charge in [0.1, 0.15) is 0 Å². The van der Waals surface area contributed by atoms with Gasteiger partial charge in [0.25, 0.3) is 0 Å². The first-order chi connectivity index (χ1) is 17.5. The van der Waals surface area contributed by atoms with Crippen LogP contribution in [0.3, 0.4) is 0 Å². The minimum atomic E-state index is -1.21. The molecule has 10 N–H and O–H groups in total. The van der Waals surface area contributed by atoms with E-state index < -0.39 is 67.9 Å². The number of carbonyl (C=O) groups excluding carboxylic acids is 1. The Kier molecular flexibility index (Phi) is 23.9. The average Bonchev–Trinajstić information content (AvgIpc) is 2.70. The number of hydrogen-bond acceptors (Lipinski definition) is 12. The van der Waals surface area contributed by atoms with Gasteiger partial charge in [-0.3, -0.25) is 48.3 Å². The molecule has 0 aromatic heterocycles. The number of aliphatic carboxylic acids is 6. The third-order valence-electron chi connectivity index (χ3n) is 3.65. The summed E-state index contributed by atoms with van der Waals surface area (Å²) in [5.74, 6) is -7.58. The molecular formula is C19H34N4O15. The summed E-state index contributed by atoms with van der Waals surface area (Å²) >= 11 is 0. The van der Waals surface area contributed by atoms with E-state index in [1.54, 1.807) is 0 Å². The molecule has 38 heavy (non-hydrogen) atoms. The molecule has 0 aromatic carbocycles. The number of primary amides is 1. The van der Waals surface area contributed by atoms with Gasteiger partial charge < -0.3 is 46.6 Å². The van der Waals surface area contributed by atoms with Crippen LogP contribution in [0.25, 0.3) is 0 Å². The van der Waals surface area contributed by atoms with Gasteiger partial charge in [-0.25, -0.2) is 0 Å².